The summed E-state index contributed by atoms with van der Waals surface area (Å²) in [6.45, 7) is 2.51. The number of aromatic amines is 1. The Hall–Kier alpha value is -2.63. The summed E-state index contributed by atoms with van der Waals surface area (Å²) in [5.74, 6) is 0.596. The number of rotatable bonds is 3. The Balaban J connectivity index is 2.35. The van der Waals surface area contributed by atoms with Gasteiger partial charge < -0.3 is 4.98 Å². The van der Waals surface area contributed by atoms with Crippen LogP contribution in [0.3, 0.4) is 0 Å². The Morgan fingerprint density at radius 3 is 2.57 bits per heavy atom. The molecule has 0 aliphatic heterocycles. The van der Waals surface area contributed by atoms with Crippen LogP contribution in [0.5, 0.6) is 0 Å². The van der Waals surface area contributed by atoms with Crippen molar-refractivity contribution in [2.75, 3.05) is 0 Å². The molecule has 0 aliphatic rings. The van der Waals surface area contributed by atoms with Gasteiger partial charge in [0.25, 0.3) is 5.56 Å². The number of aryl methyl sites for hydroxylation is 1. The maximum atomic E-state index is 12.2. The molecule has 1 N–H and O–H groups in total. The lowest BCUT2D eigenvalue weighted by Gasteiger charge is -2.06. The van der Waals surface area contributed by atoms with E-state index >= 15 is 0 Å². The topological polar surface area (TPSA) is 72.7 Å². The minimum absolute atomic E-state index is 0.333. The molecule has 0 radical (unpaired) electrons. The third kappa shape index (κ3) is 2.08. The Morgan fingerprint density at radius 2 is 1.90 bits per heavy atom. The first kappa shape index (κ1) is 13.4. The van der Waals surface area contributed by atoms with E-state index in [-0.39, 0.29) is 11.2 Å². The van der Waals surface area contributed by atoms with E-state index in [2.05, 4.69) is 9.97 Å². The zero-order valence-corrected chi connectivity index (χ0v) is 12.0. The van der Waals surface area contributed by atoms with Crippen LogP contribution in [0.1, 0.15) is 13.3 Å². The van der Waals surface area contributed by atoms with Crippen molar-refractivity contribution >= 4 is 11.2 Å². The molecule has 21 heavy (non-hydrogen) atoms. The van der Waals surface area contributed by atoms with E-state index in [1.54, 1.807) is 4.57 Å². The predicted octanol–water partition coefficient (Wildman–Crippen LogP) is 1.50. The van der Waals surface area contributed by atoms with Crippen LogP contribution in [0.2, 0.25) is 0 Å². The second-order valence-corrected chi connectivity index (χ2v) is 4.95. The summed E-state index contributed by atoms with van der Waals surface area (Å²) in [5, 5.41) is 0. The SMILES string of the molecule is CCCn1c(=O)n(C)c(=O)c2[nH]c(-c3ccccc3)nc21. The quantitative estimate of drug-likeness (QED) is 0.792. The smallest absolute Gasteiger partial charge is 0.332 e. The average molecular weight is 284 g/mol. The zero-order valence-electron chi connectivity index (χ0n) is 12.0. The molecule has 0 amide bonds. The molecular weight excluding hydrogens is 268 g/mol. The van der Waals surface area contributed by atoms with Crippen molar-refractivity contribution in [3.05, 3.63) is 51.2 Å². The van der Waals surface area contributed by atoms with Gasteiger partial charge >= 0.3 is 5.69 Å². The number of nitrogens with one attached hydrogen (secondary N) is 1. The fraction of sp³-hybridized carbons (Fsp3) is 0.267. The molecule has 0 spiro atoms. The highest BCUT2D eigenvalue weighted by atomic mass is 16.2. The fourth-order valence-electron chi connectivity index (χ4n) is 2.39. The van der Waals surface area contributed by atoms with Gasteiger partial charge in [0.1, 0.15) is 11.3 Å². The van der Waals surface area contributed by atoms with Gasteiger partial charge in [-0.1, -0.05) is 37.3 Å². The second kappa shape index (κ2) is 5.05. The molecule has 0 atom stereocenters. The summed E-state index contributed by atoms with van der Waals surface area (Å²) in [5.41, 5.74) is 0.983. The summed E-state index contributed by atoms with van der Waals surface area (Å²) in [7, 11) is 1.49. The number of H-pyrrole nitrogens is 1. The van der Waals surface area contributed by atoms with Crippen LogP contribution in [0.25, 0.3) is 22.6 Å². The molecule has 0 saturated heterocycles. The van der Waals surface area contributed by atoms with Crippen molar-refractivity contribution in [1.29, 1.82) is 0 Å². The summed E-state index contributed by atoms with van der Waals surface area (Å²) in [6.07, 6.45) is 0.792. The van der Waals surface area contributed by atoms with E-state index in [9.17, 15) is 9.59 Å². The summed E-state index contributed by atoms with van der Waals surface area (Å²) < 4.78 is 2.66. The molecule has 0 aliphatic carbocycles. The average Bonchev–Trinajstić information content (AvgIpc) is 2.95. The van der Waals surface area contributed by atoms with E-state index in [0.717, 1.165) is 16.6 Å². The lowest BCUT2D eigenvalue weighted by molar-refractivity contribution is 0.611. The highest BCUT2D eigenvalue weighted by Gasteiger charge is 2.15. The Kier molecular flexibility index (Phi) is 3.21. The molecule has 0 saturated carbocycles. The van der Waals surface area contributed by atoms with Crippen LogP contribution < -0.4 is 11.2 Å². The van der Waals surface area contributed by atoms with Crippen molar-refractivity contribution in [2.24, 2.45) is 7.05 Å². The van der Waals surface area contributed by atoms with Gasteiger partial charge in [0.05, 0.1) is 0 Å². The van der Waals surface area contributed by atoms with Crippen LogP contribution in [0, 0.1) is 0 Å². The lowest BCUT2D eigenvalue weighted by Crippen LogP contribution is -2.38. The summed E-state index contributed by atoms with van der Waals surface area (Å²) in [4.78, 5) is 31.9. The third-order valence-corrected chi connectivity index (χ3v) is 3.47. The van der Waals surface area contributed by atoms with Crippen molar-refractivity contribution in [1.82, 2.24) is 19.1 Å². The van der Waals surface area contributed by atoms with E-state index in [1.807, 2.05) is 37.3 Å². The van der Waals surface area contributed by atoms with Crippen molar-refractivity contribution in [2.45, 2.75) is 19.9 Å². The number of hydrogen-bond donors (Lipinski definition) is 1. The lowest BCUT2D eigenvalue weighted by atomic mass is 10.2. The van der Waals surface area contributed by atoms with E-state index in [1.165, 1.54) is 7.05 Å². The standard InChI is InChI=1S/C15H16N4O2/c1-3-9-19-13-11(14(20)18(2)15(19)21)16-12(17-13)10-7-5-4-6-8-10/h4-8H,3,9H2,1-2H3,(H,16,17). The first-order valence-corrected chi connectivity index (χ1v) is 6.88. The Bertz CT molecular complexity index is 903. The number of imidazole rings is 1. The highest BCUT2D eigenvalue weighted by Crippen LogP contribution is 2.17. The third-order valence-electron chi connectivity index (χ3n) is 3.47. The molecule has 0 unspecified atom stereocenters. The van der Waals surface area contributed by atoms with Gasteiger partial charge in [-0.3, -0.25) is 13.9 Å². The van der Waals surface area contributed by atoms with Gasteiger partial charge in [-0.15, -0.1) is 0 Å². The van der Waals surface area contributed by atoms with Gasteiger partial charge in [0.2, 0.25) is 0 Å². The molecule has 3 rings (SSSR count). The van der Waals surface area contributed by atoms with Crippen molar-refractivity contribution in [3.8, 4) is 11.4 Å². The van der Waals surface area contributed by atoms with Crippen LogP contribution >= 0.6 is 0 Å². The van der Waals surface area contributed by atoms with Gasteiger partial charge in [0, 0.05) is 19.2 Å². The fourth-order valence-corrected chi connectivity index (χ4v) is 2.39. The molecule has 2 heterocycles. The molecule has 2 aromatic heterocycles. The van der Waals surface area contributed by atoms with E-state index in [4.69, 9.17) is 0 Å². The van der Waals surface area contributed by atoms with Crippen molar-refractivity contribution < 1.29 is 0 Å². The molecule has 3 aromatic rings. The second-order valence-electron chi connectivity index (χ2n) is 4.95. The van der Waals surface area contributed by atoms with Gasteiger partial charge in [-0.05, 0) is 6.42 Å². The molecule has 108 valence electrons. The molecule has 0 bridgehead atoms. The number of hydrogen-bond acceptors (Lipinski definition) is 3. The van der Waals surface area contributed by atoms with Crippen LogP contribution in [-0.4, -0.2) is 19.1 Å². The molecule has 6 nitrogen and oxygen atoms in total. The van der Waals surface area contributed by atoms with E-state index < -0.39 is 0 Å². The number of benzene rings is 1. The monoisotopic (exact) mass is 284 g/mol. The maximum absolute atomic E-state index is 12.2. The molecular formula is C15H16N4O2. The molecule has 6 heteroatoms. The number of fused-ring (bicyclic) bond motifs is 1. The minimum Gasteiger partial charge on any atom is -0.332 e. The number of aromatic nitrogens is 4. The Labute approximate surface area is 120 Å². The van der Waals surface area contributed by atoms with Crippen LogP contribution in [0.15, 0.2) is 39.9 Å². The molecule has 0 fully saturated rings. The van der Waals surface area contributed by atoms with E-state index in [0.29, 0.717) is 23.5 Å². The summed E-state index contributed by atoms with van der Waals surface area (Å²) in [6, 6.07) is 9.53. The molecule has 1 aromatic carbocycles. The van der Waals surface area contributed by atoms with Gasteiger partial charge in [-0.25, -0.2) is 9.78 Å². The number of nitrogens with zero attached hydrogens (tertiary/aromatic N) is 3. The highest BCUT2D eigenvalue weighted by molar-refractivity contribution is 5.75. The van der Waals surface area contributed by atoms with Crippen LogP contribution in [-0.2, 0) is 13.6 Å². The summed E-state index contributed by atoms with van der Waals surface area (Å²) >= 11 is 0. The Morgan fingerprint density at radius 1 is 1.19 bits per heavy atom. The zero-order chi connectivity index (χ0) is 15.0. The maximum Gasteiger partial charge on any atom is 0.332 e. The van der Waals surface area contributed by atoms with Crippen molar-refractivity contribution in [3.63, 3.8) is 0 Å². The predicted molar refractivity (Wildman–Crippen MR) is 81.3 cm³/mol. The first-order chi connectivity index (χ1) is 10.1. The van der Waals surface area contributed by atoms with Crippen LogP contribution in [0.4, 0.5) is 0 Å². The van der Waals surface area contributed by atoms with Gasteiger partial charge in [-0.2, -0.15) is 0 Å². The largest absolute Gasteiger partial charge is 0.332 e. The first-order valence-electron chi connectivity index (χ1n) is 6.88. The normalized spacial score (nSPS) is 11.1. The van der Waals surface area contributed by atoms with Gasteiger partial charge in [0.15, 0.2) is 5.65 Å². The minimum atomic E-state index is -0.350.